The van der Waals surface area contributed by atoms with Crippen molar-refractivity contribution in [3.8, 4) is 11.5 Å². The maximum absolute atomic E-state index is 11.9. The Kier molecular flexibility index (Phi) is 6.31. The van der Waals surface area contributed by atoms with Crippen molar-refractivity contribution in [3.63, 3.8) is 0 Å². The number of carbonyl (C=O) groups is 1. The van der Waals surface area contributed by atoms with Crippen molar-refractivity contribution < 1.29 is 19.4 Å². The smallest absolute Gasteiger partial charge is 0.260 e. The van der Waals surface area contributed by atoms with E-state index in [1.165, 1.54) is 0 Å². The molecule has 1 amide bonds. The third kappa shape index (κ3) is 4.74. The number of ether oxygens (including phenoxy) is 2. The average Bonchev–Trinajstić information content (AvgIpc) is 2.44. The monoisotopic (exact) mass is 281 g/mol. The first kappa shape index (κ1) is 16.3. The van der Waals surface area contributed by atoms with Crippen molar-refractivity contribution in [2.75, 3.05) is 13.7 Å². The Balaban J connectivity index is 2.69. The van der Waals surface area contributed by atoms with Crippen LogP contribution in [0.15, 0.2) is 18.2 Å². The number of nitrogens with one attached hydrogen (secondary N) is 1. The minimum Gasteiger partial charge on any atom is -0.497 e. The lowest BCUT2D eigenvalue weighted by molar-refractivity contribution is -0.127. The van der Waals surface area contributed by atoms with Gasteiger partial charge in [0.1, 0.15) is 11.5 Å². The number of rotatable bonds is 7. The molecule has 0 bridgehead atoms. The standard InChI is InChI=1S/C15H23NO4/c1-10(2)8-16-15(18)11(3)20-14-6-5-13(19-4)7-12(14)9-17/h5-7,10-11,17H,8-9H2,1-4H3,(H,16,18). The van der Waals surface area contributed by atoms with Crippen molar-refractivity contribution in [1.82, 2.24) is 5.32 Å². The number of aliphatic hydroxyl groups is 1. The molecular weight excluding hydrogens is 258 g/mol. The number of hydrogen-bond donors (Lipinski definition) is 2. The molecule has 2 N–H and O–H groups in total. The van der Waals surface area contributed by atoms with Gasteiger partial charge in [0.25, 0.3) is 5.91 Å². The Morgan fingerprint density at radius 2 is 2.05 bits per heavy atom. The van der Waals surface area contributed by atoms with Gasteiger partial charge in [-0.2, -0.15) is 0 Å². The van der Waals surface area contributed by atoms with E-state index in [9.17, 15) is 9.90 Å². The summed E-state index contributed by atoms with van der Waals surface area (Å²) in [5.74, 6) is 1.34. The summed E-state index contributed by atoms with van der Waals surface area (Å²) in [6.45, 7) is 6.17. The predicted octanol–water partition coefficient (Wildman–Crippen LogP) is 1.73. The molecule has 112 valence electrons. The highest BCUT2D eigenvalue weighted by Crippen LogP contribution is 2.25. The summed E-state index contributed by atoms with van der Waals surface area (Å²) in [7, 11) is 1.55. The number of aliphatic hydroxyl groups excluding tert-OH is 1. The number of benzene rings is 1. The van der Waals surface area contributed by atoms with E-state index in [0.29, 0.717) is 29.5 Å². The van der Waals surface area contributed by atoms with E-state index < -0.39 is 6.10 Å². The molecule has 20 heavy (non-hydrogen) atoms. The van der Waals surface area contributed by atoms with Gasteiger partial charge in [-0.05, 0) is 31.0 Å². The summed E-state index contributed by atoms with van der Waals surface area (Å²) in [6.07, 6.45) is -0.618. The molecule has 0 heterocycles. The molecule has 1 aromatic rings. The summed E-state index contributed by atoms with van der Waals surface area (Å²) in [6, 6.07) is 5.11. The van der Waals surface area contributed by atoms with Crippen LogP contribution < -0.4 is 14.8 Å². The molecule has 1 rings (SSSR count). The first-order chi connectivity index (χ1) is 9.47. The second-order valence-corrected chi connectivity index (χ2v) is 5.03. The van der Waals surface area contributed by atoms with Crippen molar-refractivity contribution in [2.45, 2.75) is 33.5 Å². The molecule has 0 radical (unpaired) electrons. The quantitative estimate of drug-likeness (QED) is 0.798. The lowest BCUT2D eigenvalue weighted by Gasteiger charge is -2.18. The second-order valence-electron chi connectivity index (χ2n) is 5.03. The number of methoxy groups -OCH3 is 1. The van der Waals surface area contributed by atoms with Gasteiger partial charge < -0.3 is 19.9 Å². The van der Waals surface area contributed by atoms with E-state index in [-0.39, 0.29) is 12.5 Å². The van der Waals surface area contributed by atoms with Crippen LogP contribution in [0.4, 0.5) is 0 Å². The Morgan fingerprint density at radius 3 is 2.60 bits per heavy atom. The summed E-state index contributed by atoms with van der Waals surface area (Å²) >= 11 is 0. The topological polar surface area (TPSA) is 67.8 Å². The number of amides is 1. The molecule has 0 saturated heterocycles. The van der Waals surface area contributed by atoms with E-state index in [0.717, 1.165) is 0 Å². The zero-order valence-corrected chi connectivity index (χ0v) is 12.5. The molecule has 0 aliphatic heterocycles. The Labute approximate surface area is 119 Å². The lowest BCUT2D eigenvalue weighted by atomic mass is 10.2. The number of carbonyl (C=O) groups excluding carboxylic acids is 1. The van der Waals surface area contributed by atoms with Crippen LogP contribution in [-0.4, -0.2) is 30.8 Å². The molecule has 1 unspecified atom stereocenters. The van der Waals surface area contributed by atoms with Gasteiger partial charge >= 0.3 is 0 Å². The molecule has 0 spiro atoms. The third-order valence-electron chi connectivity index (χ3n) is 2.80. The van der Waals surface area contributed by atoms with Crippen molar-refractivity contribution in [3.05, 3.63) is 23.8 Å². The first-order valence-corrected chi connectivity index (χ1v) is 6.70. The molecule has 1 atom stereocenters. The highest BCUT2D eigenvalue weighted by atomic mass is 16.5. The largest absolute Gasteiger partial charge is 0.497 e. The van der Waals surface area contributed by atoms with Crippen LogP contribution in [0, 0.1) is 5.92 Å². The van der Waals surface area contributed by atoms with Crippen molar-refractivity contribution >= 4 is 5.91 Å². The summed E-state index contributed by atoms with van der Waals surface area (Å²) in [5.41, 5.74) is 0.591. The fourth-order valence-electron chi connectivity index (χ4n) is 1.61. The maximum Gasteiger partial charge on any atom is 0.260 e. The highest BCUT2D eigenvalue weighted by Gasteiger charge is 2.16. The summed E-state index contributed by atoms with van der Waals surface area (Å²) in [4.78, 5) is 11.9. The molecule has 0 fully saturated rings. The normalized spacial score (nSPS) is 12.1. The molecule has 1 aromatic carbocycles. The van der Waals surface area contributed by atoms with Gasteiger partial charge in [-0.3, -0.25) is 4.79 Å². The zero-order chi connectivity index (χ0) is 15.1. The van der Waals surface area contributed by atoms with Crippen LogP contribution in [0.2, 0.25) is 0 Å². The average molecular weight is 281 g/mol. The van der Waals surface area contributed by atoms with Crippen LogP contribution in [0.25, 0.3) is 0 Å². The van der Waals surface area contributed by atoms with Gasteiger partial charge in [-0.15, -0.1) is 0 Å². The second kappa shape index (κ2) is 7.75. The van der Waals surface area contributed by atoms with Crippen LogP contribution in [0.3, 0.4) is 0 Å². The van der Waals surface area contributed by atoms with Crippen molar-refractivity contribution in [2.24, 2.45) is 5.92 Å². The van der Waals surface area contributed by atoms with E-state index in [1.807, 2.05) is 13.8 Å². The summed E-state index contributed by atoms with van der Waals surface area (Å²) in [5, 5.41) is 12.1. The third-order valence-corrected chi connectivity index (χ3v) is 2.80. The van der Waals surface area contributed by atoms with Gasteiger partial charge in [-0.1, -0.05) is 13.8 Å². The highest BCUT2D eigenvalue weighted by molar-refractivity contribution is 5.80. The van der Waals surface area contributed by atoms with E-state index in [1.54, 1.807) is 32.2 Å². The molecule has 5 nitrogen and oxygen atoms in total. The minimum absolute atomic E-state index is 0.168. The van der Waals surface area contributed by atoms with Crippen LogP contribution >= 0.6 is 0 Å². The lowest BCUT2D eigenvalue weighted by Crippen LogP contribution is -2.38. The van der Waals surface area contributed by atoms with Crippen LogP contribution in [0.5, 0.6) is 11.5 Å². The molecule has 0 saturated carbocycles. The fraction of sp³-hybridized carbons (Fsp3) is 0.533. The van der Waals surface area contributed by atoms with E-state index >= 15 is 0 Å². The van der Waals surface area contributed by atoms with Crippen LogP contribution in [-0.2, 0) is 11.4 Å². The zero-order valence-electron chi connectivity index (χ0n) is 12.5. The minimum atomic E-state index is -0.618. The maximum atomic E-state index is 11.9. The van der Waals surface area contributed by atoms with Gasteiger partial charge in [0.15, 0.2) is 6.10 Å². The number of hydrogen-bond acceptors (Lipinski definition) is 4. The van der Waals surface area contributed by atoms with Gasteiger partial charge in [0.2, 0.25) is 0 Å². The molecule has 0 aliphatic rings. The molecular formula is C15H23NO4. The molecule has 5 heteroatoms. The van der Waals surface area contributed by atoms with Gasteiger partial charge in [-0.25, -0.2) is 0 Å². The van der Waals surface area contributed by atoms with E-state index in [2.05, 4.69) is 5.32 Å². The molecule has 0 aliphatic carbocycles. The molecule has 0 aromatic heterocycles. The van der Waals surface area contributed by atoms with Crippen molar-refractivity contribution in [1.29, 1.82) is 0 Å². The van der Waals surface area contributed by atoms with Gasteiger partial charge in [0, 0.05) is 12.1 Å². The summed E-state index contributed by atoms with van der Waals surface area (Å²) < 4.78 is 10.7. The first-order valence-electron chi connectivity index (χ1n) is 6.70. The Morgan fingerprint density at radius 1 is 1.35 bits per heavy atom. The van der Waals surface area contributed by atoms with Gasteiger partial charge in [0.05, 0.1) is 13.7 Å². The SMILES string of the molecule is COc1ccc(OC(C)C(=O)NCC(C)C)c(CO)c1. The van der Waals surface area contributed by atoms with Crippen LogP contribution in [0.1, 0.15) is 26.3 Å². The Hall–Kier alpha value is -1.75. The fourth-order valence-corrected chi connectivity index (χ4v) is 1.61. The van der Waals surface area contributed by atoms with E-state index in [4.69, 9.17) is 9.47 Å². The Bertz CT molecular complexity index is 445. The predicted molar refractivity (Wildman–Crippen MR) is 76.9 cm³/mol.